The maximum Gasteiger partial charge on any atom is 0.319 e. The van der Waals surface area contributed by atoms with Crippen molar-refractivity contribution in [3.05, 3.63) is 23.2 Å². The van der Waals surface area contributed by atoms with Gasteiger partial charge >= 0.3 is 6.03 Å². The molecule has 2 aromatic rings. The topological polar surface area (TPSA) is 74.2 Å². The number of amides is 2. The van der Waals surface area contributed by atoms with Crippen LogP contribution in [0, 0.1) is 0 Å². The molecule has 5 nitrogen and oxygen atoms in total. The van der Waals surface area contributed by atoms with Gasteiger partial charge < -0.3 is 15.7 Å². The zero-order valence-corrected chi connectivity index (χ0v) is 11.8. The molecule has 102 valence electrons. The van der Waals surface area contributed by atoms with E-state index in [4.69, 9.17) is 5.11 Å². The number of benzene rings is 1. The van der Waals surface area contributed by atoms with Crippen molar-refractivity contribution in [2.24, 2.45) is 0 Å². The molecule has 1 aromatic carbocycles. The highest BCUT2D eigenvalue weighted by molar-refractivity contribution is 7.18. The van der Waals surface area contributed by atoms with Crippen LogP contribution in [0.2, 0.25) is 0 Å². The average molecular weight is 279 g/mol. The van der Waals surface area contributed by atoms with Crippen molar-refractivity contribution < 1.29 is 9.90 Å². The number of urea groups is 1. The lowest BCUT2D eigenvalue weighted by Crippen LogP contribution is -2.30. The fourth-order valence-corrected chi connectivity index (χ4v) is 2.62. The lowest BCUT2D eigenvalue weighted by Gasteiger charge is -2.05. The first-order valence-electron chi connectivity index (χ1n) is 6.16. The number of carbonyl (C=O) groups is 1. The number of hydrogen-bond acceptors (Lipinski definition) is 4. The van der Waals surface area contributed by atoms with Gasteiger partial charge in [-0.05, 0) is 18.2 Å². The monoisotopic (exact) mass is 279 g/mol. The van der Waals surface area contributed by atoms with Crippen molar-refractivity contribution in [2.75, 3.05) is 18.5 Å². The third-order valence-corrected chi connectivity index (χ3v) is 3.87. The van der Waals surface area contributed by atoms with Crippen molar-refractivity contribution in [3.8, 4) is 0 Å². The standard InChI is InChI=1S/C13H17N3O2S/c1-8(2)12-16-10-4-3-9(7-11(10)19-12)15-13(18)14-5-6-17/h3-4,7-8,17H,5-6H2,1-2H3,(H2,14,15,18). The number of hydrogen-bond donors (Lipinski definition) is 3. The minimum Gasteiger partial charge on any atom is -0.395 e. The summed E-state index contributed by atoms with van der Waals surface area (Å²) in [6.45, 7) is 4.39. The maximum atomic E-state index is 11.5. The van der Waals surface area contributed by atoms with E-state index in [-0.39, 0.29) is 19.2 Å². The Kier molecular flexibility index (Phi) is 4.34. The first-order chi connectivity index (χ1) is 9.10. The van der Waals surface area contributed by atoms with Crippen LogP contribution in [0.5, 0.6) is 0 Å². The summed E-state index contributed by atoms with van der Waals surface area (Å²) in [6.07, 6.45) is 0. The van der Waals surface area contributed by atoms with Gasteiger partial charge in [-0.1, -0.05) is 13.8 Å². The van der Waals surface area contributed by atoms with E-state index in [2.05, 4.69) is 29.5 Å². The van der Waals surface area contributed by atoms with E-state index in [0.717, 1.165) is 20.9 Å². The molecule has 0 fully saturated rings. The number of aliphatic hydroxyl groups is 1. The molecule has 0 saturated heterocycles. The second-order valence-corrected chi connectivity index (χ2v) is 5.56. The molecular formula is C13H17N3O2S. The van der Waals surface area contributed by atoms with E-state index in [1.807, 2.05) is 18.2 Å². The molecule has 3 N–H and O–H groups in total. The van der Waals surface area contributed by atoms with Gasteiger partial charge in [0.15, 0.2) is 0 Å². The molecule has 0 aliphatic heterocycles. The van der Waals surface area contributed by atoms with E-state index >= 15 is 0 Å². The predicted molar refractivity (Wildman–Crippen MR) is 77.8 cm³/mol. The first-order valence-corrected chi connectivity index (χ1v) is 6.98. The maximum absolute atomic E-state index is 11.5. The van der Waals surface area contributed by atoms with Gasteiger partial charge in [0.1, 0.15) is 0 Å². The second kappa shape index (κ2) is 5.99. The fraction of sp³-hybridized carbons (Fsp3) is 0.385. The highest BCUT2D eigenvalue weighted by atomic mass is 32.1. The number of thiazole rings is 1. The third kappa shape index (κ3) is 3.42. The number of carbonyl (C=O) groups excluding carboxylic acids is 1. The molecule has 1 heterocycles. The SMILES string of the molecule is CC(C)c1nc2ccc(NC(=O)NCCO)cc2s1. The number of rotatable bonds is 4. The van der Waals surface area contributed by atoms with E-state index in [1.54, 1.807) is 11.3 Å². The quantitative estimate of drug-likeness (QED) is 0.805. The zero-order chi connectivity index (χ0) is 13.8. The van der Waals surface area contributed by atoms with Crippen LogP contribution in [0.3, 0.4) is 0 Å². The van der Waals surface area contributed by atoms with E-state index in [9.17, 15) is 4.79 Å². The molecule has 0 atom stereocenters. The van der Waals surface area contributed by atoms with Crippen molar-refractivity contribution in [2.45, 2.75) is 19.8 Å². The Morgan fingerprint density at radius 1 is 1.47 bits per heavy atom. The molecule has 2 rings (SSSR count). The van der Waals surface area contributed by atoms with Gasteiger partial charge in [-0.15, -0.1) is 11.3 Å². The summed E-state index contributed by atoms with van der Waals surface area (Å²) in [6, 6.07) is 5.32. The normalized spacial score (nSPS) is 10.9. The van der Waals surface area contributed by atoms with E-state index in [0.29, 0.717) is 5.92 Å². The predicted octanol–water partition coefficient (Wildman–Crippen LogP) is 2.53. The number of fused-ring (bicyclic) bond motifs is 1. The van der Waals surface area contributed by atoms with Crippen LogP contribution in [0.25, 0.3) is 10.2 Å². The van der Waals surface area contributed by atoms with Crippen LogP contribution in [-0.4, -0.2) is 29.3 Å². The smallest absolute Gasteiger partial charge is 0.319 e. The summed E-state index contributed by atoms with van der Waals surface area (Å²) in [5.74, 6) is 0.404. The van der Waals surface area contributed by atoms with E-state index < -0.39 is 0 Å². The fourth-order valence-electron chi connectivity index (χ4n) is 1.61. The number of aliphatic hydroxyl groups excluding tert-OH is 1. The molecule has 0 spiro atoms. The summed E-state index contributed by atoms with van der Waals surface area (Å²) >= 11 is 1.64. The number of aromatic nitrogens is 1. The van der Waals surface area contributed by atoms with Crippen molar-refractivity contribution in [3.63, 3.8) is 0 Å². The van der Waals surface area contributed by atoms with Gasteiger partial charge in [0.05, 0.1) is 21.8 Å². The van der Waals surface area contributed by atoms with Crippen LogP contribution in [0.15, 0.2) is 18.2 Å². The van der Waals surface area contributed by atoms with Crippen LogP contribution in [-0.2, 0) is 0 Å². The summed E-state index contributed by atoms with van der Waals surface area (Å²) < 4.78 is 1.06. The minimum atomic E-state index is -0.318. The molecule has 19 heavy (non-hydrogen) atoms. The summed E-state index contributed by atoms with van der Waals surface area (Å²) in [5.41, 5.74) is 1.68. The van der Waals surface area contributed by atoms with Crippen LogP contribution in [0.1, 0.15) is 24.8 Å². The zero-order valence-electron chi connectivity index (χ0n) is 10.9. The Bertz CT molecular complexity index is 580. The van der Waals surface area contributed by atoms with Gasteiger partial charge in [0, 0.05) is 18.2 Å². The van der Waals surface area contributed by atoms with Gasteiger partial charge in [0.25, 0.3) is 0 Å². The molecule has 0 unspecified atom stereocenters. The first kappa shape index (κ1) is 13.8. The average Bonchev–Trinajstić information content (AvgIpc) is 2.79. The van der Waals surface area contributed by atoms with Crippen LogP contribution < -0.4 is 10.6 Å². The van der Waals surface area contributed by atoms with Crippen LogP contribution in [0.4, 0.5) is 10.5 Å². The van der Waals surface area contributed by atoms with Gasteiger partial charge in [-0.3, -0.25) is 0 Å². The Labute approximate surface area is 115 Å². The molecule has 0 aliphatic rings. The largest absolute Gasteiger partial charge is 0.395 e. The highest BCUT2D eigenvalue weighted by Gasteiger charge is 2.08. The van der Waals surface area contributed by atoms with Gasteiger partial charge in [-0.25, -0.2) is 9.78 Å². The Balaban J connectivity index is 2.14. The van der Waals surface area contributed by atoms with Crippen LogP contribution >= 0.6 is 11.3 Å². The number of anilines is 1. The Morgan fingerprint density at radius 2 is 2.26 bits per heavy atom. The molecule has 0 bridgehead atoms. The Morgan fingerprint density at radius 3 is 2.95 bits per heavy atom. The molecule has 6 heteroatoms. The summed E-state index contributed by atoms with van der Waals surface area (Å²) in [7, 11) is 0. The second-order valence-electron chi connectivity index (χ2n) is 4.49. The van der Waals surface area contributed by atoms with Gasteiger partial charge in [0.2, 0.25) is 0 Å². The minimum absolute atomic E-state index is 0.0704. The molecule has 0 aliphatic carbocycles. The van der Waals surface area contributed by atoms with Crippen molar-refractivity contribution in [1.29, 1.82) is 0 Å². The molecule has 1 aromatic heterocycles. The molecule has 0 saturated carbocycles. The lowest BCUT2D eigenvalue weighted by molar-refractivity contribution is 0.245. The summed E-state index contributed by atoms with van der Waals surface area (Å²) in [5, 5.41) is 15.0. The molecular weight excluding hydrogens is 262 g/mol. The third-order valence-electron chi connectivity index (χ3n) is 2.55. The highest BCUT2D eigenvalue weighted by Crippen LogP contribution is 2.29. The van der Waals surface area contributed by atoms with Crippen molar-refractivity contribution in [1.82, 2.24) is 10.3 Å². The van der Waals surface area contributed by atoms with E-state index in [1.165, 1.54) is 0 Å². The number of nitrogens with one attached hydrogen (secondary N) is 2. The molecule has 0 radical (unpaired) electrons. The lowest BCUT2D eigenvalue weighted by atomic mass is 10.2. The Hall–Kier alpha value is -1.66. The van der Waals surface area contributed by atoms with Crippen molar-refractivity contribution >= 4 is 33.3 Å². The number of nitrogens with zero attached hydrogens (tertiary/aromatic N) is 1. The summed E-state index contributed by atoms with van der Waals surface area (Å²) in [4.78, 5) is 16.0. The van der Waals surface area contributed by atoms with Gasteiger partial charge in [-0.2, -0.15) is 0 Å². The molecule has 2 amide bonds.